The van der Waals surface area contributed by atoms with Crippen molar-refractivity contribution in [2.45, 2.75) is 37.6 Å². The van der Waals surface area contributed by atoms with Crippen molar-refractivity contribution in [3.8, 4) is 0 Å². The molecule has 116 valence electrons. The molecule has 6 nitrogen and oxygen atoms in total. The summed E-state index contributed by atoms with van der Waals surface area (Å²) in [6.07, 6.45) is 0.809. The van der Waals surface area contributed by atoms with E-state index >= 15 is 0 Å². The standard InChI is InChI=1S/C15H19N5OS/c1-9-7-10(2)13(11(3)8-9)20-6-5-12(14(20)21)22-15-16-17-18-19(15)4/h7-8,12H,5-6H2,1-4H3/t12-/m0/s1. The fourth-order valence-electron chi connectivity index (χ4n) is 3.03. The van der Waals surface area contributed by atoms with Crippen LogP contribution in [0.2, 0.25) is 0 Å². The minimum absolute atomic E-state index is 0.121. The topological polar surface area (TPSA) is 63.9 Å². The van der Waals surface area contributed by atoms with E-state index in [0.29, 0.717) is 5.16 Å². The molecule has 1 fully saturated rings. The number of thioether (sulfide) groups is 1. The highest BCUT2D eigenvalue weighted by Gasteiger charge is 2.35. The van der Waals surface area contributed by atoms with Gasteiger partial charge in [0.2, 0.25) is 11.1 Å². The van der Waals surface area contributed by atoms with Crippen LogP contribution in [0.15, 0.2) is 17.3 Å². The third-order valence-corrected chi connectivity index (χ3v) is 5.17. The first-order valence-electron chi connectivity index (χ1n) is 7.25. The van der Waals surface area contributed by atoms with Crippen LogP contribution in [0.4, 0.5) is 5.69 Å². The van der Waals surface area contributed by atoms with E-state index in [4.69, 9.17) is 0 Å². The quantitative estimate of drug-likeness (QED) is 0.867. The molecule has 1 aliphatic heterocycles. The van der Waals surface area contributed by atoms with Crippen molar-refractivity contribution >= 4 is 23.4 Å². The average Bonchev–Trinajstić information content (AvgIpc) is 2.99. The van der Waals surface area contributed by atoms with Gasteiger partial charge in [0.25, 0.3) is 0 Å². The number of hydrogen-bond donors (Lipinski definition) is 0. The maximum atomic E-state index is 12.8. The van der Waals surface area contributed by atoms with Crippen molar-refractivity contribution in [2.24, 2.45) is 7.05 Å². The zero-order valence-electron chi connectivity index (χ0n) is 13.2. The molecule has 0 spiro atoms. The second-order valence-corrected chi connectivity index (χ2v) is 6.89. The van der Waals surface area contributed by atoms with Gasteiger partial charge in [0, 0.05) is 19.3 Å². The Morgan fingerprint density at radius 3 is 2.50 bits per heavy atom. The fourth-order valence-corrected chi connectivity index (χ4v) is 4.01. The zero-order chi connectivity index (χ0) is 15.9. The largest absolute Gasteiger partial charge is 0.311 e. The van der Waals surface area contributed by atoms with Gasteiger partial charge >= 0.3 is 0 Å². The molecule has 0 aliphatic carbocycles. The summed E-state index contributed by atoms with van der Waals surface area (Å²) in [6, 6.07) is 4.26. The Kier molecular flexibility index (Phi) is 3.90. The monoisotopic (exact) mass is 317 g/mol. The van der Waals surface area contributed by atoms with Gasteiger partial charge in [-0.05, 0) is 48.7 Å². The molecule has 1 saturated heterocycles. The van der Waals surface area contributed by atoms with Crippen LogP contribution in [-0.2, 0) is 11.8 Å². The molecule has 0 saturated carbocycles. The SMILES string of the molecule is Cc1cc(C)c(N2CC[C@H](Sc3nnnn3C)C2=O)c(C)c1. The van der Waals surface area contributed by atoms with E-state index in [1.54, 1.807) is 11.7 Å². The molecule has 7 heteroatoms. The number of carbonyl (C=O) groups is 1. The van der Waals surface area contributed by atoms with Gasteiger partial charge in [-0.1, -0.05) is 29.5 Å². The number of tetrazole rings is 1. The van der Waals surface area contributed by atoms with Crippen LogP contribution in [-0.4, -0.2) is 37.9 Å². The van der Waals surface area contributed by atoms with Gasteiger partial charge in [0.15, 0.2) is 0 Å². The summed E-state index contributed by atoms with van der Waals surface area (Å²) in [6.45, 7) is 6.95. The lowest BCUT2D eigenvalue weighted by atomic mass is 10.0. The van der Waals surface area contributed by atoms with E-state index in [1.165, 1.54) is 17.3 Å². The van der Waals surface area contributed by atoms with Gasteiger partial charge in [-0.3, -0.25) is 4.79 Å². The molecule has 0 unspecified atom stereocenters. The van der Waals surface area contributed by atoms with Crippen molar-refractivity contribution in [3.63, 3.8) is 0 Å². The normalized spacial score (nSPS) is 18.3. The maximum absolute atomic E-state index is 12.8. The Morgan fingerprint density at radius 2 is 1.91 bits per heavy atom. The summed E-state index contributed by atoms with van der Waals surface area (Å²) in [5, 5.41) is 11.9. The minimum Gasteiger partial charge on any atom is -0.311 e. The summed E-state index contributed by atoms with van der Waals surface area (Å²) in [7, 11) is 1.79. The molecule has 0 N–H and O–H groups in total. The molecule has 2 aromatic rings. The lowest BCUT2D eigenvalue weighted by Crippen LogP contribution is -2.29. The van der Waals surface area contributed by atoms with E-state index in [2.05, 4.69) is 48.4 Å². The molecule has 1 aliphatic rings. The number of carbonyl (C=O) groups excluding carboxylic acids is 1. The van der Waals surface area contributed by atoms with Crippen molar-refractivity contribution in [3.05, 3.63) is 28.8 Å². The smallest absolute Gasteiger partial charge is 0.240 e. The van der Waals surface area contributed by atoms with Crippen molar-refractivity contribution in [2.75, 3.05) is 11.4 Å². The van der Waals surface area contributed by atoms with Gasteiger partial charge in [-0.25, -0.2) is 4.68 Å². The predicted octanol–water partition coefficient (Wildman–Crippen LogP) is 2.03. The van der Waals surface area contributed by atoms with Crippen LogP contribution in [0.3, 0.4) is 0 Å². The van der Waals surface area contributed by atoms with Crippen molar-refractivity contribution in [1.29, 1.82) is 0 Å². The number of aromatic nitrogens is 4. The number of benzene rings is 1. The summed E-state index contributed by atoms with van der Waals surface area (Å²) < 4.78 is 1.60. The summed E-state index contributed by atoms with van der Waals surface area (Å²) in [4.78, 5) is 14.7. The Bertz CT molecular complexity index is 703. The minimum atomic E-state index is -0.121. The van der Waals surface area contributed by atoms with Gasteiger partial charge in [-0.15, -0.1) is 5.10 Å². The van der Waals surface area contributed by atoms with Crippen LogP contribution in [0, 0.1) is 20.8 Å². The van der Waals surface area contributed by atoms with E-state index in [1.807, 2.05) is 4.90 Å². The fraction of sp³-hybridized carbons (Fsp3) is 0.467. The highest BCUT2D eigenvalue weighted by atomic mass is 32.2. The van der Waals surface area contributed by atoms with E-state index in [0.717, 1.165) is 29.8 Å². The molecule has 0 bridgehead atoms. The third kappa shape index (κ3) is 2.61. The Morgan fingerprint density at radius 1 is 1.23 bits per heavy atom. The summed E-state index contributed by atoms with van der Waals surface area (Å²) in [5.41, 5.74) is 4.57. The number of aryl methyl sites for hydroxylation is 4. The number of anilines is 1. The predicted molar refractivity (Wildman–Crippen MR) is 86.1 cm³/mol. The van der Waals surface area contributed by atoms with E-state index in [9.17, 15) is 4.79 Å². The molecule has 3 rings (SSSR count). The first-order chi connectivity index (χ1) is 10.5. The van der Waals surface area contributed by atoms with E-state index in [-0.39, 0.29) is 11.2 Å². The average molecular weight is 317 g/mol. The molecule has 2 heterocycles. The van der Waals surface area contributed by atoms with Crippen LogP contribution in [0.25, 0.3) is 0 Å². The van der Waals surface area contributed by atoms with Gasteiger partial charge in [-0.2, -0.15) is 0 Å². The highest BCUT2D eigenvalue weighted by molar-refractivity contribution is 8.00. The number of amides is 1. The van der Waals surface area contributed by atoms with Crippen LogP contribution >= 0.6 is 11.8 Å². The second kappa shape index (κ2) is 5.72. The third-order valence-electron chi connectivity index (χ3n) is 3.89. The molecule has 1 amide bonds. The Labute approximate surface area is 133 Å². The maximum Gasteiger partial charge on any atom is 0.240 e. The first-order valence-corrected chi connectivity index (χ1v) is 8.13. The Balaban J connectivity index is 1.84. The highest BCUT2D eigenvalue weighted by Crippen LogP contribution is 2.35. The Hall–Kier alpha value is -1.89. The number of nitrogens with zero attached hydrogens (tertiary/aromatic N) is 5. The summed E-state index contributed by atoms with van der Waals surface area (Å²) >= 11 is 1.44. The van der Waals surface area contributed by atoms with Crippen LogP contribution < -0.4 is 4.90 Å². The van der Waals surface area contributed by atoms with Crippen LogP contribution in [0.1, 0.15) is 23.1 Å². The summed E-state index contributed by atoms with van der Waals surface area (Å²) in [5.74, 6) is 0.142. The molecular weight excluding hydrogens is 298 g/mol. The molecule has 1 aromatic carbocycles. The lowest BCUT2D eigenvalue weighted by Gasteiger charge is -2.22. The zero-order valence-corrected chi connectivity index (χ0v) is 14.0. The van der Waals surface area contributed by atoms with Gasteiger partial charge in [0.1, 0.15) is 0 Å². The van der Waals surface area contributed by atoms with Crippen molar-refractivity contribution < 1.29 is 4.79 Å². The molecule has 0 radical (unpaired) electrons. The first kappa shape index (κ1) is 15.0. The molecular formula is C15H19N5OS. The van der Waals surface area contributed by atoms with E-state index < -0.39 is 0 Å². The molecule has 1 atom stereocenters. The second-order valence-electron chi connectivity index (χ2n) is 5.72. The van der Waals surface area contributed by atoms with Gasteiger partial charge in [0.05, 0.1) is 5.25 Å². The van der Waals surface area contributed by atoms with Crippen molar-refractivity contribution in [1.82, 2.24) is 20.2 Å². The lowest BCUT2D eigenvalue weighted by molar-refractivity contribution is -0.116. The van der Waals surface area contributed by atoms with Crippen LogP contribution in [0.5, 0.6) is 0 Å². The van der Waals surface area contributed by atoms with Gasteiger partial charge < -0.3 is 4.90 Å². The molecule has 1 aromatic heterocycles. The molecule has 22 heavy (non-hydrogen) atoms. The number of rotatable bonds is 3. The number of hydrogen-bond acceptors (Lipinski definition) is 5.